The van der Waals surface area contributed by atoms with E-state index in [4.69, 9.17) is 5.10 Å². The van der Waals surface area contributed by atoms with Gasteiger partial charge < -0.3 is 5.32 Å². The summed E-state index contributed by atoms with van der Waals surface area (Å²) in [7, 11) is 0. The van der Waals surface area contributed by atoms with E-state index in [1.165, 1.54) is 40.9 Å². The Bertz CT molecular complexity index is 1300. The van der Waals surface area contributed by atoms with E-state index in [2.05, 4.69) is 5.32 Å². The van der Waals surface area contributed by atoms with Crippen LogP contribution in [0.15, 0.2) is 48.5 Å². The normalized spacial score (nSPS) is 16.8. The van der Waals surface area contributed by atoms with Gasteiger partial charge in [0.15, 0.2) is 0 Å². The smallest absolute Gasteiger partial charge is 0.240 e. The molecule has 0 fully saturated rings. The Kier molecular flexibility index (Phi) is 7.73. The van der Waals surface area contributed by atoms with Gasteiger partial charge >= 0.3 is 0 Å². The standard InChI is InChI=1S/C28H32F2N4O2S/c1-6-17(2)31-22(35)15-33-23(36)16-37-25(18-8-7-9-20(30)14-18)24-26(28(3,4)5)32-34(27(24)33)21-12-10-19(29)11-13-21/h7-14,17,25H,6,15-16H2,1-5H3,(H,31,35)/t17-,25+/m0/s1. The van der Waals surface area contributed by atoms with Crippen LogP contribution in [0.2, 0.25) is 0 Å². The van der Waals surface area contributed by atoms with Crippen molar-refractivity contribution in [2.45, 2.75) is 57.7 Å². The molecule has 3 aromatic rings. The Hall–Kier alpha value is -3.20. The molecule has 0 unspecified atom stereocenters. The molecule has 0 saturated heterocycles. The van der Waals surface area contributed by atoms with Gasteiger partial charge in [0.2, 0.25) is 11.8 Å². The number of fused-ring (bicyclic) bond motifs is 1. The van der Waals surface area contributed by atoms with Gasteiger partial charge in [-0.25, -0.2) is 13.5 Å². The first-order valence-corrected chi connectivity index (χ1v) is 13.4. The maximum absolute atomic E-state index is 14.3. The Morgan fingerprint density at radius 1 is 1.16 bits per heavy atom. The summed E-state index contributed by atoms with van der Waals surface area (Å²) >= 11 is 1.38. The maximum atomic E-state index is 14.3. The molecule has 1 aliphatic heterocycles. The van der Waals surface area contributed by atoms with Crippen molar-refractivity contribution >= 4 is 29.4 Å². The van der Waals surface area contributed by atoms with Crippen LogP contribution >= 0.6 is 11.8 Å². The molecule has 0 radical (unpaired) electrons. The molecule has 1 aliphatic rings. The minimum atomic E-state index is -0.445. The van der Waals surface area contributed by atoms with Crippen LogP contribution in [0.1, 0.15) is 63.1 Å². The van der Waals surface area contributed by atoms with E-state index in [1.54, 1.807) is 22.9 Å². The van der Waals surface area contributed by atoms with Crippen molar-refractivity contribution < 1.29 is 18.4 Å². The summed E-state index contributed by atoms with van der Waals surface area (Å²) in [6.07, 6.45) is 0.754. The van der Waals surface area contributed by atoms with Crippen LogP contribution in [-0.2, 0) is 15.0 Å². The number of benzene rings is 2. The van der Waals surface area contributed by atoms with Crippen LogP contribution in [0.25, 0.3) is 5.69 Å². The number of aromatic nitrogens is 2. The van der Waals surface area contributed by atoms with Crippen molar-refractivity contribution in [2.75, 3.05) is 17.2 Å². The zero-order chi connectivity index (χ0) is 26.9. The number of nitrogens with zero attached hydrogens (tertiary/aromatic N) is 3. The number of nitrogens with one attached hydrogen (secondary N) is 1. The highest BCUT2D eigenvalue weighted by Gasteiger charge is 2.40. The predicted molar refractivity (Wildman–Crippen MR) is 143 cm³/mol. The second-order valence-electron chi connectivity index (χ2n) is 10.3. The largest absolute Gasteiger partial charge is 0.352 e. The quantitative estimate of drug-likeness (QED) is 0.459. The van der Waals surface area contributed by atoms with Gasteiger partial charge in [0.1, 0.15) is 24.0 Å². The zero-order valence-electron chi connectivity index (χ0n) is 21.7. The van der Waals surface area contributed by atoms with Crippen molar-refractivity contribution in [3.63, 3.8) is 0 Å². The van der Waals surface area contributed by atoms with Gasteiger partial charge in [0.25, 0.3) is 0 Å². The fourth-order valence-electron chi connectivity index (χ4n) is 4.33. The van der Waals surface area contributed by atoms with Crippen molar-refractivity contribution in [1.29, 1.82) is 0 Å². The zero-order valence-corrected chi connectivity index (χ0v) is 22.5. The van der Waals surface area contributed by atoms with Crippen LogP contribution in [0.3, 0.4) is 0 Å². The lowest BCUT2D eigenvalue weighted by Crippen LogP contribution is -2.44. The van der Waals surface area contributed by atoms with Gasteiger partial charge in [-0.1, -0.05) is 39.8 Å². The summed E-state index contributed by atoms with van der Waals surface area (Å²) in [4.78, 5) is 28.0. The molecule has 1 aromatic heterocycles. The van der Waals surface area contributed by atoms with Gasteiger partial charge in [-0.3, -0.25) is 14.5 Å². The third kappa shape index (κ3) is 5.71. The Balaban J connectivity index is 1.98. The summed E-state index contributed by atoms with van der Waals surface area (Å²) < 4.78 is 29.7. The number of halogens is 2. The van der Waals surface area contributed by atoms with E-state index < -0.39 is 16.5 Å². The number of rotatable bonds is 6. The highest BCUT2D eigenvalue weighted by molar-refractivity contribution is 8.00. The molecule has 2 atom stereocenters. The Morgan fingerprint density at radius 2 is 1.86 bits per heavy atom. The summed E-state index contributed by atoms with van der Waals surface area (Å²) in [6, 6.07) is 12.1. The van der Waals surface area contributed by atoms with Crippen LogP contribution in [0.4, 0.5) is 14.6 Å². The Labute approximate surface area is 220 Å². The molecular formula is C28H32F2N4O2S. The number of anilines is 1. The summed E-state index contributed by atoms with van der Waals surface area (Å²) in [5, 5.41) is 7.47. The van der Waals surface area contributed by atoms with E-state index in [-0.39, 0.29) is 36.0 Å². The van der Waals surface area contributed by atoms with Gasteiger partial charge in [-0.15, -0.1) is 11.8 Å². The molecule has 4 rings (SSSR count). The van der Waals surface area contributed by atoms with E-state index in [9.17, 15) is 18.4 Å². The van der Waals surface area contributed by atoms with Gasteiger partial charge in [-0.05, 0) is 55.3 Å². The first-order chi connectivity index (χ1) is 17.5. The first-order valence-electron chi connectivity index (χ1n) is 12.4. The molecule has 9 heteroatoms. The lowest BCUT2D eigenvalue weighted by atomic mass is 9.87. The minimum Gasteiger partial charge on any atom is -0.352 e. The highest BCUT2D eigenvalue weighted by Crippen LogP contribution is 2.48. The molecule has 196 valence electrons. The monoisotopic (exact) mass is 526 g/mol. The van der Waals surface area contributed by atoms with Gasteiger partial charge in [-0.2, -0.15) is 5.10 Å². The first kappa shape index (κ1) is 26.9. The topological polar surface area (TPSA) is 67.2 Å². The fourth-order valence-corrected chi connectivity index (χ4v) is 5.52. The number of hydrogen-bond donors (Lipinski definition) is 1. The maximum Gasteiger partial charge on any atom is 0.240 e. The Morgan fingerprint density at radius 3 is 2.49 bits per heavy atom. The predicted octanol–water partition coefficient (Wildman–Crippen LogP) is 5.53. The van der Waals surface area contributed by atoms with Crippen LogP contribution in [-0.4, -0.2) is 39.9 Å². The van der Waals surface area contributed by atoms with Gasteiger partial charge in [0, 0.05) is 17.0 Å². The molecule has 2 aromatic carbocycles. The molecular weight excluding hydrogens is 494 g/mol. The van der Waals surface area contributed by atoms with E-state index in [0.717, 1.165) is 17.7 Å². The molecule has 0 saturated carbocycles. The SMILES string of the molecule is CC[C@H](C)NC(=O)CN1C(=O)CS[C@H](c2cccc(F)c2)c2c(C(C)(C)C)nn(-c3ccc(F)cc3)c21. The van der Waals surface area contributed by atoms with Gasteiger partial charge in [0.05, 0.1) is 22.4 Å². The number of carbonyl (C=O) groups excluding carboxylic acids is 2. The summed E-state index contributed by atoms with van der Waals surface area (Å²) in [5.74, 6) is -0.768. The minimum absolute atomic E-state index is 0.0457. The number of thioether (sulfide) groups is 1. The van der Waals surface area contributed by atoms with E-state index in [1.807, 2.05) is 40.7 Å². The molecule has 6 nitrogen and oxygen atoms in total. The van der Waals surface area contributed by atoms with Crippen molar-refractivity contribution in [2.24, 2.45) is 0 Å². The number of carbonyl (C=O) groups is 2. The molecule has 0 spiro atoms. The third-order valence-electron chi connectivity index (χ3n) is 6.34. The average Bonchev–Trinajstić information content (AvgIpc) is 3.17. The molecule has 0 aliphatic carbocycles. The van der Waals surface area contributed by atoms with E-state index >= 15 is 0 Å². The second kappa shape index (κ2) is 10.7. The molecule has 1 N–H and O–H groups in total. The molecule has 37 heavy (non-hydrogen) atoms. The van der Waals surface area contributed by atoms with Crippen LogP contribution < -0.4 is 10.2 Å². The fraction of sp³-hybridized carbons (Fsp3) is 0.393. The summed E-state index contributed by atoms with van der Waals surface area (Å²) in [5.41, 5.74) is 2.28. The lowest BCUT2D eigenvalue weighted by molar-refractivity contribution is -0.123. The van der Waals surface area contributed by atoms with Crippen molar-refractivity contribution in [3.8, 4) is 5.69 Å². The molecule has 2 heterocycles. The molecule has 2 amide bonds. The highest BCUT2D eigenvalue weighted by atomic mass is 32.2. The summed E-state index contributed by atoms with van der Waals surface area (Å²) in [6.45, 7) is 9.74. The van der Waals surface area contributed by atoms with Crippen LogP contribution in [0, 0.1) is 11.6 Å². The number of amides is 2. The lowest BCUT2D eigenvalue weighted by Gasteiger charge is -2.25. The van der Waals surface area contributed by atoms with Crippen molar-refractivity contribution in [3.05, 3.63) is 77.0 Å². The number of hydrogen-bond acceptors (Lipinski definition) is 4. The second-order valence-corrected chi connectivity index (χ2v) is 11.4. The van der Waals surface area contributed by atoms with E-state index in [0.29, 0.717) is 17.1 Å². The molecule has 0 bridgehead atoms. The average molecular weight is 527 g/mol. The third-order valence-corrected chi connectivity index (χ3v) is 7.60. The van der Waals surface area contributed by atoms with Crippen molar-refractivity contribution in [1.82, 2.24) is 15.1 Å². The van der Waals surface area contributed by atoms with Crippen LogP contribution in [0.5, 0.6) is 0 Å².